The summed E-state index contributed by atoms with van der Waals surface area (Å²) in [4.78, 5) is 4.05. The molecule has 90 valence electrons. The molecule has 3 nitrogen and oxygen atoms in total. The van der Waals surface area contributed by atoms with Crippen LogP contribution in [-0.2, 0) is 13.6 Å². The summed E-state index contributed by atoms with van der Waals surface area (Å²) in [6, 6.07) is 6.77. The lowest BCUT2D eigenvalue weighted by Gasteiger charge is -2.14. The van der Waals surface area contributed by atoms with E-state index in [1.54, 1.807) is 18.5 Å². The maximum absolute atomic E-state index is 13.1. The summed E-state index contributed by atoms with van der Waals surface area (Å²) in [6.45, 7) is 2.74. The smallest absolute Gasteiger partial charge is 0.123 e. The van der Waals surface area contributed by atoms with Crippen molar-refractivity contribution in [3.05, 3.63) is 53.9 Å². The molecule has 0 saturated carbocycles. The molecular weight excluding hydrogens is 217 g/mol. The van der Waals surface area contributed by atoms with Gasteiger partial charge < -0.3 is 9.88 Å². The Bertz CT molecular complexity index is 493. The van der Waals surface area contributed by atoms with Crippen LogP contribution in [0.1, 0.15) is 24.2 Å². The van der Waals surface area contributed by atoms with Gasteiger partial charge in [-0.25, -0.2) is 9.37 Å². The number of rotatable bonds is 4. The van der Waals surface area contributed by atoms with Gasteiger partial charge in [-0.2, -0.15) is 0 Å². The molecule has 1 aromatic heterocycles. The van der Waals surface area contributed by atoms with Gasteiger partial charge in [0.2, 0.25) is 0 Å². The Labute approximate surface area is 100 Å². The van der Waals surface area contributed by atoms with Crippen LogP contribution in [0.5, 0.6) is 0 Å². The Hall–Kier alpha value is -1.68. The Balaban J connectivity index is 1.98. The van der Waals surface area contributed by atoms with Gasteiger partial charge in [-0.15, -0.1) is 0 Å². The molecule has 0 radical (unpaired) electrons. The van der Waals surface area contributed by atoms with Crippen LogP contribution in [0.25, 0.3) is 0 Å². The fourth-order valence-electron chi connectivity index (χ4n) is 1.71. The molecule has 4 heteroatoms. The topological polar surface area (TPSA) is 29.9 Å². The summed E-state index contributed by atoms with van der Waals surface area (Å²) >= 11 is 0. The second-order valence-corrected chi connectivity index (χ2v) is 4.15. The van der Waals surface area contributed by atoms with Gasteiger partial charge in [0.25, 0.3) is 0 Å². The van der Waals surface area contributed by atoms with Gasteiger partial charge in [0.15, 0.2) is 0 Å². The fraction of sp³-hybridized carbons (Fsp3) is 0.308. The molecule has 2 rings (SSSR count). The van der Waals surface area contributed by atoms with Crippen LogP contribution in [0, 0.1) is 5.82 Å². The van der Waals surface area contributed by atoms with Crippen LogP contribution in [0.2, 0.25) is 0 Å². The molecule has 17 heavy (non-hydrogen) atoms. The van der Waals surface area contributed by atoms with Gasteiger partial charge in [-0.1, -0.05) is 12.1 Å². The van der Waals surface area contributed by atoms with Crippen molar-refractivity contribution in [2.75, 3.05) is 0 Å². The summed E-state index contributed by atoms with van der Waals surface area (Å²) in [5.41, 5.74) is 2.06. The number of hydrogen-bond acceptors (Lipinski definition) is 2. The minimum atomic E-state index is -0.198. The van der Waals surface area contributed by atoms with Crippen LogP contribution in [-0.4, -0.2) is 9.55 Å². The minimum Gasteiger partial charge on any atom is -0.337 e. The molecule has 0 fully saturated rings. The van der Waals surface area contributed by atoms with E-state index in [2.05, 4.69) is 10.3 Å². The third-order valence-corrected chi connectivity index (χ3v) is 2.85. The first kappa shape index (κ1) is 11.8. The molecule has 0 aliphatic rings. The Morgan fingerprint density at radius 1 is 1.47 bits per heavy atom. The van der Waals surface area contributed by atoms with E-state index in [1.165, 1.54) is 6.07 Å². The molecule has 2 aromatic rings. The van der Waals surface area contributed by atoms with Gasteiger partial charge in [-0.3, -0.25) is 0 Å². The third kappa shape index (κ3) is 2.91. The quantitative estimate of drug-likeness (QED) is 0.878. The highest BCUT2D eigenvalue weighted by Crippen LogP contribution is 2.14. The molecule has 0 bridgehead atoms. The van der Waals surface area contributed by atoms with Crippen LogP contribution >= 0.6 is 0 Å². The highest BCUT2D eigenvalue weighted by Gasteiger charge is 2.06. The lowest BCUT2D eigenvalue weighted by Crippen LogP contribution is -2.19. The number of nitrogens with zero attached hydrogens (tertiary/aromatic N) is 2. The third-order valence-electron chi connectivity index (χ3n) is 2.85. The molecule has 0 amide bonds. The second-order valence-electron chi connectivity index (χ2n) is 4.15. The standard InChI is InChI=1S/C13H16FN3/c1-10(11-4-3-5-12(14)6-11)16-8-13-7-15-9-17(13)2/h3-7,9-10,16H,8H2,1-2H3/t10-/m1/s1. The van der Waals surface area contributed by atoms with Gasteiger partial charge in [0, 0.05) is 25.8 Å². The SMILES string of the molecule is C[C@@H](NCc1cncn1C)c1cccc(F)c1. The molecule has 0 saturated heterocycles. The van der Waals surface area contributed by atoms with Crippen LogP contribution < -0.4 is 5.32 Å². The molecule has 0 aliphatic heterocycles. The second kappa shape index (κ2) is 5.10. The van der Waals surface area contributed by atoms with Crippen molar-refractivity contribution in [2.24, 2.45) is 7.05 Å². The number of aryl methyl sites for hydroxylation is 1. The van der Waals surface area contributed by atoms with Gasteiger partial charge in [-0.05, 0) is 24.6 Å². The summed E-state index contributed by atoms with van der Waals surface area (Å²) in [7, 11) is 1.96. The average molecular weight is 233 g/mol. The molecule has 1 N–H and O–H groups in total. The predicted molar refractivity (Wildman–Crippen MR) is 64.9 cm³/mol. The molecule has 1 heterocycles. The fourth-order valence-corrected chi connectivity index (χ4v) is 1.71. The van der Waals surface area contributed by atoms with Gasteiger partial charge >= 0.3 is 0 Å². The molecule has 0 spiro atoms. The van der Waals surface area contributed by atoms with Crippen molar-refractivity contribution in [1.82, 2.24) is 14.9 Å². The Morgan fingerprint density at radius 2 is 2.29 bits per heavy atom. The van der Waals surface area contributed by atoms with Gasteiger partial charge in [0.05, 0.1) is 12.0 Å². The first-order valence-corrected chi connectivity index (χ1v) is 5.61. The molecule has 0 aliphatic carbocycles. The average Bonchev–Trinajstić information content (AvgIpc) is 2.72. The molecule has 1 aromatic carbocycles. The number of benzene rings is 1. The maximum atomic E-state index is 13.1. The van der Waals surface area contributed by atoms with Crippen molar-refractivity contribution in [1.29, 1.82) is 0 Å². The van der Waals surface area contributed by atoms with E-state index in [0.717, 1.165) is 11.3 Å². The largest absolute Gasteiger partial charge is 0.337 e. The zero-order valence-corrected chi connectivity index (χ0v) is 10.0. The highest BCUT2D eigenvalue weighted by atomic mass is 19.1. The van der Waals surface area contributed by atoms with E-state index in [9.17, 15) is 4.39 Å². The van der Waals surface area contributed by atoms with Crippen LogP contribution in [0.3, 0.4) is 0 Å². The highest BCUT2D eigenvalue weighted by molar-refractivity contribution is 5.19. The summed E-state index contributed by atoms with van der Waals surface area (Å²) in [5, 5.41) is 3.34. The summed E-state index contributed by atoms with van der Waals surface area (Å²) in [5.74, 6) is -0.198. The van der Waals surface area contributed by atoms with Crippen molar-refractivity contribution >= 4 is 0 Å². The zero-order chi connectivity index (χ0) is 12.3. The number of nitrogens with one attached hydrogen (secondary N) is 1. The van der Waals surface area contributed by atoms with Gasteiger partial charge in [0.1, 0.15) is 5.82 Å². The first-order valence-electron chi connectivity index (χ1n) is 5.61. The van der Waals surface area contributed by atoms with Crippen molar-refractivity contribution in [3.8, 4) is 0 Å². The van der Waals surface area contributed by atoms with E-state index in [-0.39, 0.29) is 11.9 Å². The number of halogens is 1. The molecular formula is C13H16FN3. The monoisotopic (exact) mass is 233 g/mol. The maximum Gasteiger partial charge on any atom is 0.123 e. The normalized spacial score (nSPS) is 12.6. The first-order chi connectivity index (χ1) is 8.16. The van der Waals surface area contributed by atoms with E-state index >= 15 is 0 Å². The number of imidazole rings is 1. The predicted octanol–water partition coefficient (Wildman–Crippen LogP) is 2.41. The van der Waals surface area contributed by atoms with E-state index in [4.69, 9.17) is 0 Å². The lowest BCUT2D eigenvalue weighted by molar-refractivity contribution is 0.551. The zero-order valence-electron chi connectivity index (χ0n) is 10.0. The van der Waals surface area contributed by atoms with Crippen molar-refractivity contribution in [2.45, 2.75) is 19.5 Å². The Morgan fingerprint density at radius 3 is 2.94 bits per heavy atom. The lowest BCUT2D eigenvalue weighted by atomic mass is 10.1. The summed E-state index contributed by atoms with van der Waals surface area (Å²) < 4.78 is 15.0. The molecule has 1 atom stereocenters. The summed E-state index contributed by atoms with van der Waals surface area (Å²) in [6.07, 6.45) is 3.59. The molecule has 0 unspecified atom stereocenters. The van der Waals surface area contributed by atoms with Crippen LogP contribution in [0.4, 0.5) is 4.39 Å². The van der Waals surface area contributed by atoms with E-state index < -0.39 is 0 Å². The van der Waals surface area contributed by atoms with Crippen molar-refractivity contribution in [3.63, 3.8) is 0 Å². The number of hydrogen-bond donors (Lipinski definition) is 1. The number of aromatic nitrogens is 2. The van der Waals surface area contributed by atoms with E-state index in [1.807, 2.05) is 30.8 Å². The van der Waals surface area contributed by atoms with Crippen molar-refractivity contribution < 1.29 is 4.39 Å². The van der Waals surface area contributed by atoms with Crippen LogP contribution in [0.15, 0.2) is 36.8 Å². The van der Waals surface area contributed by atoms with E-state index in [0.29, 0.717) is 6.54 Å². The minimum absolute atomic E-state index is 0.112. The Kier molecular flexibility index (Phi) is 3.54.